The molecule has 0 N–H and O–H groups in total. The fourth-order valence-corrected chi connectivity index (χ4v) is 1.20. The fraction of sp³-hybridized carbons (Fsp3) is 0.375. The highest BCUT2D eigenvalue weighted by atomic mass is 16.5. The van der Waals surface area contributed by atoms with E-state index in [1.165, 1.54) is 5.56 Å². The van der Waals surface area contributed by atoms with Crippen LogP contribution in [0.2, 0.25) is 0 Å². The average molecular weight is 135 g/mol. The molecule has 0 aliphatic carbocycles. The van der Waals surface area contributed by atoms with Gasteiger partial charge in [-0.3, -0.25) is 4.98 Å². The van der Waals surface area contributed by atoms with Gasteiger partial charge in [0.15, 0.2) is 0 Å². The SMILES string of the molecule is CC1COc2ccncc21. The van der Waals surface area contributed by atoms with E-state index >= 15 is 0 Å². The van der Waals surface area contributed by atoms with Crippen LogP contribution in [0.1, 0.15) is 18.4 Å². The molecule has 1 aliphatic heterocycles. The van der Waals surface area contributed by atoms with Gasteiger partial charge in [-0.15, -0.1) is 0 Å². The van der Waals surface area contributed by atoms with Gasteiger partial charge in [-0.1, -0.05) is 6.92 Å². The van der Waals surface area contributed by atoms with Gasteiger partial charge < -0.3 is 4.74 Å². The lowest BCUT2D eigenvalue weighted by atomic mass is 10.1. The van der Waals surface area contributed by atoms with Crippen molar-refractivity contribution in [3.8, 4) is 5.75 Å². The smallest absolute Gasteiger partial charge is 0.125 e. The zero-order chi connectivity index (χ0) is 6.97. The molecule has 52 valence electrons. The van der Waals surface area contributed by atoms with Crippen LogP contribution in [0.3, 0.4) is 0 Å². The first-order valence-corrected chi connectivity index (χ1v) is 3.44. The van der Waals surface area contributed by atoms with Crippen molar-refractivity contribution in [2.45, 2.75) is 12.8 Å². The summed E-state index contributed by atoms with van der Waals surface area (Å²) in [5.41, 5.74) is 1.24. The standard InChI is InChI=1S/C8H9NO/c1-6-5-10-8-2-3-9-4-7(6)8/h2-4,6H,5H2,1H3. The van der Waals surface area contributed by atoms with E-state index in [2.05, 4.69) is 11.9 Å². The lowest BCUT2D eigenvalue weighted by Crippen LogP contribution is -1.93. The molecule has 0 aromatic carbocycles. The van der Waals surface area contributed by atoms with Crippen LogP contribution >= 0.6 is 0 Å². The summed E-state index contributed by atoms with van der Waals surface area (Å²) in [5.74, 6) is 1.52. The molecule has 0 spiro atoms. The average Bonchev–Trinajstić information content (AvgIpc) is 2.34. The third-order valence-corrected chi connectivity index (χ3v) is 1.83. The molecular formula is C8H9NO. The van der Waals surface area contributed by atoms with E-state index in [-0.39, 0.29) is 0 Å². The van der Waals surface area contributed by atoms with Crippen molar-refractivity contribution in [2.75, 3.05) is 6.61 Å². The third kappa shape index (κ3) is 0.685. The van der Waals surface area contributed by atoms with Gasteiger partial charge in [0, 0.05) is 23.9 Å². The van der Waals surface area contributed by atoms with E-state index in [4.69, 9.17) is 4.74 Å². The van der Waals surface area contributed by atoms with Crippen LogP contribution in [-0.2, 0) is 0 Å². The van der Waals surface area contributed by atoms with Gasteiger partial charge in [0.05, 0.1) is 6.61 Å². The van der Waals surface area contributed by atoms with Gasteiger partial charge in [-0.2, -0.15) is 0 Å². The summed E-state index contributed by atoms with van der Waals surface area (Å²) >= 11 is 0. The predicted molar refractivity (Wildman–Crippen MR) is 38.1 cm³/mol. The lowest BCUT2D eigenvalue weighted by Gasteiger charge is -1.95. The molecule has 1 unspecified atom stereocenters. The van der Waals surface area contributed by atoms with Gasteiger partial charge in [0.25, 0.3) is 0 Å². The van der Waals surface area contributed by atoms with Gasteiger partial charge >= 0.3 is 0 Å². The second-order valence-corrected chi connectivity index (χ2v) is 2.63. The van der Waals surface area contributed by atoms with E-state index in [1.54, 1.807) is 6.20 Å². The zero-order valence-corrected chi connectivity index (χ0v) is 5.87. The minimum atomic E-state index is 0.517. The van der Waals surface area contributed by atoms with Gasteiger partial charge in [-0.25, -0.2) is 0 Å². The molecule has 2 heteroatoms. The van der Waals surface area contributed by atoms with Crippen LogP contribution in [-0.4, -0.2) is 11.6 Å². The predicted octanol–water partition coefficient (Wildman–Crippen LogP) is 1.58. The van der Waals surface area contributed by atoms with Crippen molar-refractivity contribution in [3.05, 3.63) is 24.0 Å². The first-order valence-electron chi connectivity index (χ1n) is 3.44. The maximum absolute atomic E-state index is 5.37. The molecular weight excluding hydrogens is 126 g/mol. The summed E-state index contributed by atoms with van der Waals surface area (Å²) < 4.78 is 5.37. The van der Waals surface area contributed by atoms with Crippen molar-refractivity contribution in [1.82, 2.24) is 4.98 Å². The van der Waals surface area contributed by atoms with E-state index < -0.39 is 0 Å². The summed E-state index contributed by atoms with van der Waals surface area (Å²) in [4.78, 5) is 4.03. The van der Waals surface area contributed by atoms with Crippen LogP contribution in [0.5, 0.6) is 5.75 Å². The highest BCUT2D eigenvalue weighted by molar-refractivity contribution is 5.36. The molecule has 0 amide bonds. The number of hydrogen-bond donors (Lipinski definition) is 0. The first-order chi connectivity index (χ1) is 4.88. The summed E-state index contributed by atoms with van der Waals surface area (Å²) in [6, 6.07) is 1.92. The Kier molecular flexibility index (Phi) is 1.13. The largest absolute Gasteiger partial charge is 0.493 e. The summed E-state index contributed by atoms with van der Waals surface area (Å²) in [6.45, 7) is 2.95. The molecule has 0 saturated heterocycles. The normalized spacial score (nSPS) is 21.9. The molecule has 0 bridgehead atoms. The lowest BCUT2D eigenvalue weighted by molar-refractivity contribution is 0.337. The molecule has 2 nitrogen and oxygen atoms in total. The van der Waals surface area contributed by atoms with E-state index in [9.17, 15) is 0 Å². The monoisotopic (exact) mass is 135 g/mol. The maximum atomic E-state index is 5.37. The van der Waals surface area contributed by atoms with Crippen molar-refractivity contribution >= 4 is 0 Å². The highest BCUT2D eigenvalue weighted by Crippen LogP contribution is 2.31. The van der Waals surface area contributed by atoms with Crippen LogP contribution < -0.4 is 4.74 Å². The third-order valence-electron chi connectivity index (χ3n) is 1.83. The quantitative estimate of drug-likeness (QED) is 0.538. The van der Waals surface area contributed by atoms with E-state index in [0.29, 0.717) is 5.92 Å². The Morgan fingerprint density at radius 2 is 2.60 bits per heavy atom. The fourth-order valence-electron chi connectivity index (χ4n) is 1.20. The molecule has 0 fully saturated rings. The number of aromatic nitrogens is 1. The van der Waals surface area contributed by atoms with Crippen LogP contribution in [0.15, 0.2) is 18.5 Å². The topological polar surface area (TPSA) is 22.1 Å². The number of fused-ring (bicyclic) bond motifs is 1. The molecule has 1 aliphatic rings. The van der Waals surface area contributed by atoms with Crippen LogP contribution in [0, 0.1) is 0 Å². The van der Waals surface area contributed by atoms with Gasteiger partial charge in [0.2, 0.25) is 0 Å². The Balaban J connectivity index is 2.51. The zero-order valence-electron chi connectivity index (χ0n) is 5.87. The number of pyridine rings is 1. The molecule has 0 radical (unpaired) electrons. The Labute approximate surface area is 59.9 Å². The van der Waals surface area contributed by atoms with Crippen LogP contribution in [0.4, 0.5) is 0 Å². The number of hydrogen-bond acceptors (Lipinski definition) is 2. The minimum absolute atomic E-state index is 0.517. The maximum Gasteiger partial charge on any atom is 0.125 e. The molecule has 1 atom stereocenters. The molecule has 1 aromatic heterocycles. The Morgan fingerprint density at radius 3 is 3.40 bits per heavy atom. The van der Waals surface area contributed by atoms with Gasteiger partial charge in [-0.05, 0) is 6.07 Å². The second kappa shape index (κ2) is 1.97. The van der Waals surface area contributed by atoms with Crippen LogP contribution in [0.25, 0.3) is 0 Å². The summed E-state index contributed by atoms with van der Waals surface area (Å²) in [5, 5.41) is 0. The summed E-state index contributed by atoms with van der Waals surface area (Å²) in [7, 11) is 0. The molecule has 2 rings (SSSR count). The van der Waals surface area contributed by atoms with E-state index in [0.717, 1.165) is 12.4 Å². The van der Waals surface area contributed by atoms with Crippen molar-refractivity contribution in [3.63, 3.8) is 0 Å². The molecule has 10 heavy (non-hydrogen) atoms. The number of rotatable bonds is 0. The van der Waals surface area contributed by atoms with Gasteiger partial charge in [0.1, 0.15) is 5.75 Å². The second-order valence-electron chi connectivity index (χ2n) is 2.63. The van der Waals surface area contributed by atoms with Crippen molar-refractivity contribution < 1.29 is 4.74 Å². The van der Waals surface area contributed by atoms with Crippen molar-refractivity contribution in [2.24, 2.45) is 0 Å². The van der Waals surface area contributed by atoms with Crippen molar-refractivity contribution in [1.29, 1.82) is 0 Å². The Bertz CT molecular complexity index is 247. The highest BCUT2D eigenvalue weighted by Gasteiger charge is 2.18. The molecule has 2 heterocycles. The Morgan fingerprint density at radius 1 is 1.70 bits per heavy atom. The number of nitrogens with zero attached hydrogens (tertiary/aromatic N) is 1. The minimum Gasteiger partial charge on any atom is -0.493 e. The van der Waals surface area contributed by atoms with E-state index in [1.807, 2.05) is 12.3 Å². The Hall–Kier alpha value is -1.05. The molecule has 0 saturated carbocycles. The summed E-state index contributed by atoms with van der Waals surface area (Å²) in [6.07, 6.45) is 3.64. The number of ether oxygens (including phenoxy) is 1. The molecule has 1 aromatic rings. The first kappa shape index (κ1) is 5.71.